The van der Waals surface area contributed by atoms with Crippen molar-refractivity contribution in [3.8, 4) is 11.3 Å². The van der Waals surface area contributed by atoms with E-state index in [4.69, 9.17) is 0 Å². The summed E-state index contributed by atoms with van der Waals surface area (Å²) in [5, 5.41) is 11.1. The van der Waals surface area contributed by atoms with Crippen molar-refractivity contribution in [3.05, 3.63) is 102 Å². The number of halogens is 1. The van der Waals surface area contributed by atoms with Crippen molar-refractivity contribution in [2.75, 3.05) is 5.32 Å². The summed E-state index contributed by atoms with van der Waals surface area (Å²) in [5.41, 5.74) is 4.37. The molecule has 2 aromatic carbocycles. The lowest BCUT2D eigenvalue weighted by atomic mass is 10.1. The first-order chi connectivity index (χ1) is 15.6. The SMILES string of the molecule is Cc1c(NC(=O)c2cc3ccccc3n2Cc2ccccc2F)n[nH]c1-c1ccncc1. The van der Waals surface area contributed by atoms with Gasteiger partial charge in [0, 0.05) is 40.0 Å². The first-order valence-electron chi connectivity index (χ1n) is 10.2. The van der Waals surface area contributed by atoms with Crippen LogP contribution in [0.5, 0.6) is 0 Å². The van der Waals surface area contributed by atoms with Gasteiger partial charge in [0.1, 0.15) is 11.5 Å². The van der Waals surface area contributed by atoms with Crippen molar-refractivity contribution in [1.82, 2.24) is 19.7 Å². The third-order valence-electron chi connectivity index (χ3n) is 5.54. The Morgan fingerprint density at radius 1 is 1.06 bits per heavy atom. The van der Waals surface area contributed by atoms with Crippen LogP contribution in [0.25, 0.3) is 22.2 Å². The van der Waals surface area contributed by atoms with Gasteiger partial charge in [0.15, 0.2) is 5.82 Å². The van der Waals surface area contributed by atoms with Crippen molar-refractivity contribution in [2.45, 2.75) is 13.5 Å². The summed E-state index contributed by atoms with van der Waals surface area (Å²) in [7, 11) is 0. The number of amides is 1. The van der Waals surface area contributed by atoms with Crippen molar-refractivity contribution >= 4 is 22.6 Å². The molecule has 1 amide bonds. The van der Waals surface area contributed by atoms with Crippen LogP contribution in [0.3, 0.4) is 0 Å². The predicted octanol–water partition coefficient (Wildman–Crippen LogP) is 5.17. The number of nitrogens with one attached hydrogen (secondary N) is 2. The van der Waals surface area contributed by atoms with Gasteiger partial charge in [0.2, 0.25) is 0 Å². The maximum absolute atomic E-state index is 14.3. The van der Waals surface area contributed by atoms with Gasteiger partial charge in [-0.3, -0.25) is 14.9 Å². The molecule has 0 spiro atoms. The number of pyridine rings is 1. The highest BCUT2D eigenvalue weighted by Gasteiger charge is 2.19. The van der Waals surface area contributed by atoms with Crippen LogP contribution in [0.4, 0.5) is 10.2 Å². The molecule has 3 heterocycles. The molecule has 158 valence electrons. The molecule has 0 aliphatic carbocycles. The van der Waals surface area contributed by atoms with E-state index in [0.29, 0.717) is 17.1 Å². The van der Waals surface area contributed by atoms with Crippen molar-refractivity contribution in [1.29, 1.82) is 0 Å². The van der Waals surface area contributed by atoms with Crippen LogP contribution < -0.4 is 5.32 Å². The zero-order valence-electron chi connectivity index (χ0n) is 17.3. The largest absolute Gasteiger partial charge is 0.332 e. The van der Waals surface area contributed by atoms with Crippen molar-refractivity contribution in [3.63, 3.8) is 0 Å². The molecule has 7 heteroatoms. The van der Waals surface area contributed by atoms with Gasteiger partial charge in [-0.05, 0) is 37.3 Å². The quantitative estimate of drug-likeness (QED) is 0.408. The summed E-state index contributed by atoms with van der Waals surface area (Å²) in [6.07, 6.45) is 3.41. The maximum Gasteiger partial charge on any atom is 0.273 e. The summed E-state index contributed by atoms with van der Waals surface area (Å²) in [4.78, 5) is 17.3. The number of para-hydroxylation sites is 1. The standard InChI is InChI=1S/C25H20FN5O/c1-16-23(17-10-12-27-13-11-17)29-30-24(16)28-25(32)22-14-18-6-3-5-9-21(18)31(22)15-19-7-2-4-8-20(19)26/h2-14H,15H2,1H3,(H2,28,29,30,32). The van der Waals surface area contributed by atoms with E-state index in [9.17, 15) is 9.18 Å². The monoisotopic (exact) mass is 425 g/mol. The Kier molecular flexibility index (Phi) is 4.99. The van der Waals surface area contributed by atoms with Gasteiger partial charge >= 0.3 is 0 Å². The van der Waals surface area contributed by atoms with Crippen LogP contribution in [-0.2, 0) is 6.54 Å². The van der Waals surface area contributed by atoms with Crippen LogP contribution in [0, 0.1) is 12.7 Å². The van der Waals surface area contributed by atoms with Crippen molar-refractivity contribution in [2.24, 2.45) is 0 Å². The summed E-state index contributed by atoms with van der Waals surface area (Å²) >= 11 is 0. The van der Waals surface area contributed by atoms with Gasteiger partial charge in [-0.1, -0.05) is 36.4 Å². The van der Waals surface area contributed by atoms with Gasteiger partial charge in [-0.2, -0.15) is 5.10 Å². The van der Waals surface area contributed by atoms with Gasteiger partial charge in [-0.15, -0.1) is 0 Å². The second kappa shape index (κ2) is 8.11. The number of anilines is 1. The number of hydrogen-bond acceptors (Lipinski definition) is 3. The maximum atomic E-state index is 14.3. The fraction of sp³-hybridized carbons (Fsp3) is 0.0800. The van der Waals surface area contributed by atoms with Crippen LogP contribution in [0.2, 0.25) is 0 Å². The van der Waals surface area contributed by atoms with E-state index in [2.05, 4.69) is 20.5 Å². The van der Waals surface area contributed by atoms with Gasteiger partial charge in [0.05, 0.1) is 12.2 Å². The highest BCUT2D eigenvalue weighted by atomic mass is 19.1. The highest BCUT2D eigenvalue weighted by molar-refractivity contribution is 6.06. The van der Waals surface area contributed by atoms with Crippen LogP contribution in [0.15, 0.2) is 79.1 Å². The molecule has 3 aromatic heterocycles. The third-order valence-corrected chi connectivity index (χ3v) is 5.54. The number of fused-ring (bicyclic) bond motifs is 1. The molecular formula is C25H20FN5O. The summed E-state index contributed by atoms with van der Waals surface area (Å²) in [5.74, 6) is -0.167. The fourth-order valence-corrected chi connectivity index (χ4v) is 3.86. The second-order valence-electron chi connectivity index (χ2n) is 7.53. The van der Waals surface area contributed by atoms with E-state index in [1.54, 1.807) is 30.6 Å². The van der Waals surface area contributed by atoms with E-state index < -0.39 is 0 Å². The second-order valence-corrected chi connectivity index (χ2v) is 7.53. The van der Waals surface area contributed by atoms with Crippen molar-refractivity contribution < 1.29 is 9.18 Å². The zero-order chi connectivity index (χ0) is 22.1. The molecule has 5 rings (SSSR count). The molecule has 6 nitrogen and oxygen atoms in total. The predicted molar refractivity (Wildman–Crippen MR) is 122 cm³/mol. The molecule has 5 aromatic rings. The molecule has 0 unspecified atom stereocenters. The van der Waals surface area contributed by atoms with Crippen LogP contribution in [0.1, 0.15) is 21.6 Å². The number of H-pyrrole nitrogens is 1. The first-order valence-corrected chi connectivity index (χ1v) is 10.2. The molecule has 0 atom stereocenters. The lowest BCUT2D eigenvalue weighted by molar-refractivity contribution is 0.101. The Morgan fingerprint density at radius 3 is 2.62 bits per heavy atom. The van der Waals surface area contributed by atoms with E-state index in [1.165, 1.54) is 6.07 Å². The Hall–Kier alpha value is -4.26. The number of nitrogens with zero attached hydrogens (tertiary/aromatic N) is 3. The lowest BCUT2D eigenvalue weighted by Gasteiger charge is -2.12. The van der Waals surface area contributed by atoms with Gasteiger partial charge in [0.25, 0.3) is 5.91 Å². The Labute approximate surface area is 183 Å². The molecule has 0 saturated heterocycles. The first kappa shape index (κ1) is 19.7. The molecule has 0 bridgehead atoms. The number of rotatable bonds is 5. The Morgan fingerprint density at radius 2 is 1.81 bits per heavy atom. The normalized spacial score (nSPS) is 11.1. The number of carbonyl (C=O) groups is 1. The van der Waals surface area contributed by atoms with Gasteiger partial charge < -0.3 is 9.88 Å². The third kappa shape index (κ3) is 3.54. The molecule has 0 fully saturated rings. The summed E-state index contributed by atoms with van der Waals surface area (Å²) < 4.78 is 16.2. The number of aromatic amines is 1. The van der Waals surface area contributed by atoms with Gasteiger partial charge in [-0.25, -0.2) is 4.39 Å². The summed E-state index contributed by atoms with van der Waals surface area (Å²) in [6, 6.07) is 19.8. The molecule has 0 aliphatic rings. The number of benzene rings is 2. The minimum atomic E-state index is -0.312. The topological polar surface area (TPSA) is 75.6 Å². The van der Waals surface area contributed by atoms with E-state index >= 15 is 0 Å². The summed E-state index contributed by atoms with van der Waals surface area (Å²) in [6.45, 7) is 2.13. The molecule has 2 N–H and O–H groups in total. The lowest BCUT2D eigenvalue weighted by Crippen LogP contribution is -2.18. The average Bonchev–Trinajstić information content (AvgIpc) is 3.37. The minimum Gasteiger partial charge on any atom is -0.332 e. The van der Waals surface area contributed by atoms with E-state index in [1.807, 2.05) is 54.0 Å². The minimum absolute atomic E-state index is 0.241. The average molecular weight is 425 g/mol. The number of hydrogen-bond donors (Lipinski definition) is 2. The Balaban J connectivity index is 1.51. The fourth-order valence-electron chi connectivity index (χ4n) is 3.86. The molecule has 0 saturated carbocycles. The van der Waals surface area contributed by atoms with Crippen LogP contribution >= 0.6 is 0 Å². The smallest absolute Gasteiger partial charge is 0.273 e. The number of aromatic nitrogens is 4. The van der Waals surface area contributed by atoms with E-state index in [-0.39, 0.29) is 18.3 Å². The molecule has 32 heavy (non-hydrogen) atoms. The Bertz CT molecular complexity index is 1420. The van der Waals surface area contributed by atoms with Crippen LogP contribution in [-0.4, -0.2) is 25.7 Å². The molecule has 0 radical (unpaired) electrons. The molecule has 0 aliphatic heterocycles. The molecular weight excluding hydrogens is 405 g/mol. The zero-order valence-corrected chi connectivity index (χ0v) is 17.3. The highest BCUT2D eigenvalue weighted by Crippen LogP contribution is 2.27. The number of carbonyl (C=O) groups excluding carboxylic acids is 1. The van der Waals surface area contributed by atoms with E-state index in [0.717, 1.165) is 27.7 Å².